The average Bonchev–Trinajstić information content (AvgIpc) is 3.49. The van der Waals surface area contributed by atoms with Gasteiger partial charge in [-0.25, -0.2) is 9.98 Å². The Labute approximate surface area is 293 Å². The van der Waals surface area contributed by atoms with E-state index >= 15 is 0 Å². The topological polar surface area (TPSA) is 236 Å². The summed E-state index contributed by atoms with van der Waals surface area (Å²) in [5.41, 5.74) is 20.0. The van der Waals surface area contributed by atoms with Crippen LogP contribution in [0.5, 0.6) is 0 Å². The van der Waals surface area contributed by atoms with Gasteiger partial charge in [0.25, 0.3) is 5.56 Å². The van der Waals surface area contributed by atoms with Crippen LogP contribution in [-0.2, 0) is 47.2 Å². The van der Waals surface area contributed by atoms with E-state index in [1.807, 2.05) is 30.0 Å². The first-order chi connectivity index (χ1) is 24.5. The molecule has 6 rings (SSSR count). The zero-order valence-electron chi connectivity index (χ0n) is 28.7. The number of fused-ring (bicyclic) bond motifs is 5. The van der Waals surface area contributed by atoms with Crippen molar-refractivity contribution in [2.45, 2.75) is 95.5 Å². The van der Waals surface area contributed by atoms with Gasteiger partial charge in [0.15, 0.2) is 11.2 Å². The lowest BCUT2D eigenvalue weighted by atomic mass is 9.69. The van der Waals surface area contributed by atoms with E-state index in [-0.39, 0.29) is 56.5 Å². The Bertz CT molecular complexity index is 2010. The number of hydrogen-bond donors (Lipinski definition) is 4. The quantitative estimate of drug-likeness (QED) is 0.103. The maximum Gasteiger partial charge on any atom is 0.324 e. The Hall–Kier alpha value is -4.99. The van der Waals surface area contributed by atoms with Crippen LogP contribution in [0.25, 0.3) is 22.3 Å². The molecule has 270 valence electrons. The number of esters is 2. The normalized spacial score (nSPS) is 18.8. The lowest BCUT2D eigenvalue weighted by Gasteiger charge is -2.36. The van der Waals surface area contributed by atoms with Crippen molar-refractivity contribution in [3.8, 4) is 11.4 Å². The van der Waals surface area contributed by atoms with Gasteiger partial charge in [-0.1, -0.05) is 26.3 Å². The van der Waals surface area contributed by atoms with Crippen molar-refractivity contribution in [3.05, 3.63) is 51.3 Å². The number of nitrogens with zero attached hydrogens (tertiary/aromatic N) is 4. The average molecular weight is 702 g/mol. The predicted molar refractivity (Wildman–Crippen MR) is 189 cm³/mol. The van der Waals surface area contributed by atoms with Gasteiger partial charge >= 0.3 is 17.9 Å². The van der Waals surface area contributed by atoms with Crippen LogP contribution in [0.2, 0.25) is 0 Å². The molecule has 1 aromatic carbocycles. The maximum absolute atomic E-state index is 14.3. The van der Waals surface area contributed by atoms with Crippen molar-refractivity contribution in [3.63, 3.8) is 0 Å². The number of ether oxygens (including phenoxy) is 2. The number of carboxylic acids is 1. The molecule has 15 heteroatoms. The van der Waals surface area contributed by atoms with Crippen molar-refractivity contribution in [2.24, 2.45) is 22.2 Å². The fourth-order valence-electron chi connectivity index (χ4n) is 7.43. The number of hydrogen-bond acceptors (Lipinski definition) is 13. The smallest absolute Gasteiger partial charge is 0.324 e. The number of aliphatic imine (C=N–C) groups is 1. The molecule has 0 saturated heterocycles. The van der Waals surface area contributed by atoms with E-state index in [1.54, 1.807) is 23.9 Å². The zero-order chi connectivity index (χ0) is 36.6. The monoisotopic (exact) mass is 701 g/mol. The highest BCUT2D eigenvalue weighted by molar-refractivity contribution is 6.13. The van der Waals surface area contributed by atoms with E-state index in [1.165, 1.54) is 0 Å². The summed E-state index contributed by atoms with van der Waals surface area (Å²) < 4.78 is 12.9. The van der Waals surface area contributed by atoms with Crippen molar-refractivity contribution in [1.29, 1.82) is 0 Å². The Morgan fingerprint density at radius 1 is 1.10 bits per heavy atom. The first kappa shape index (κ1) is 35.8. The number of aromatic nitrogens is 2. The summed E-state index contributed by atoms with van der Waals surface area (Å²) in [6.45, 7) is 4.06. The zero-order valence-corrected chi connectivity index (χ0v) is 28.7. The van der Waals surface area contributed by atoms with Crippen LogP contribution >= 0.6 is 0 Å². The van der Waals surface area contributed by atoms with Crippen molar-refractivity contribution in [1.82, 2.24) is 9.55 Å². The number of ketones is 1. The van der Waals surface area contributed by atoms with E-state index < -0.39 is 52.9 Å². The highest BCUT2D eigenvalue weighted by Crippen LogP contribution is 2.47. The Morgan fingerprint density at radius 3 is 2.59 bits per heavy atom. The van der Waals surface area contributed by atoms with Gasteiger partial charge in [-0.2, -0.15) is 0 Å². The number of anilines is 1. The first-order valence-electron chi connectivity index (χ1n) is 17.4. The summed E-state index contributed by atoms with van der Waals surface area (Å²) in [4.78, 5) is 77.3. The number of nitrogens with two attached hydrogens (primary N) is 3. The second-order valence-electron chi connectivity index (χ2n) is 13.3. The van der Waals surface area contributed by atoms with E-state index in [9.17, 15) is 24.0 Å². The summed E-state index contributed by atoms with van der Waals surface area (Å²) in [6, 6.07) is 5.20. The SMILES string of the molecule is CCCC(CN1C=Nc2cccc3nc4c(c1c23)Cn1c-4cc2c(c1=O)COC(=O)[C@]2(CC)C(=O)[C@@H](N)CCCN)OC(=O)[C@@H](N)CCC(=O)O. The minimum absolute atomic E-state index is 0.0469. The molecule has 2 aromatic heterocycles. The molecule has 3 aliphatic rings. The second-order valence-corrected chi connectivity index (χ2v) is 13.3. The molecule has 1 unspecified atom stereocenters. The molecule has 0 fully saturated rings. The highest BCUT2D eigenvalue weighted by atomic mass is 16.5. The summed E-state index contributed by atoms with van der Waals surface area (Å²) in [7, 11) is 0. The highest BCUT2D eigenvalue weighted by Gasteiger charge is 2.53. The number of benzene rings is 1. The number of pyridine rings is 2. The molecular weight excluding hydrogens is 658 g/mol. The van der Waals surface area contributed by atoms with Crippen LogP contribution in [0.3, 0.4) is 0 Å². The molecule has 0 saturated carbocycles. The fraction of sp³-hybridized carbons (Fsp3) is 0.472. The van der Waals surface area contributed by atoms with E-state index in [4.69, 9.17) is 36.8 Å². The van der Waals surface area contributed by atoms with E-state index in [0.29, 0.717) is 48.4 Å². The molecule has 3 aromatic rings. The van der Waals surface area contributed by atoms with Gasteiger partial charge in [0.1, 0.15) is 18.8 Å². The van der Waals surface area contributed by atoms with Gasteiger partial charge in [0.05, 0.1) is 64.7 Å². The Morgan fingerprint density at radius 2 is 1.88 bits per heavy atom. The van der Waals surface area contributed by atoms with Crippen LogP contribution < -0.4 is 27.7 Å². The van der Waals surface area contributed by atoms with Gasteiger partial charge in [-0.3, -0.25) is 24.0 Å². The summed E-state index contributed by atoms with van der Waals surface area (Å²) in [5.74, 6) is -2.99. The lowest BCUT2D eigenvalue weighted by Crippen LogP contribution is -2.55. The van der Waals surface area contributed by atoms with Crippen molar-refractivity contribution in [2.75, 3.05) is 18.0 Å². The molecular formula is C36H43N7O8. The van der Waals surface area contributed by atoms with Crippen molar-refractivity contribution >= 4 is 52.3 Å². The van der Waals surface area contributed by atoms with Gasteiger partial charge in [-0.05, 0) is 62.4 Å². The molecule has 5 heterocycles. The minimum atomic E-state index is -1.77. The number of Topliss-reactive ketones (excluding diaryl/α,β-unsaturated/α-hetero) is 1. The second kappa shape index (κ2) is 14.3. The third kappa shape index (κ3) is 6.19. The van der Waals surface area contributed by atoms with Crippen LogP contribution in [0.4, 0.5) is 11.4 Å². The Kier molecular flexibility index (Phi) is 10.1. The number of carboxylic acid groups (broad SMARTS) is 1. The standard InChI is InChI=1S/C36H43N7O8/c1-3-7-19(51-34(48)24(39)11-12-28(44)45)15-42-18-40-25-9-5-10-26-29(25)31(42)20-16-43-27(30(20)41-26)14-22-21(33(43)47)17-50-35(49)36(22,4-2)32(46)23(38)8-6-13-37/h5,9-10,14,18-19,23-24H,3-4,6-8,11-13,15-17,37-39H2,1-2H3,(H,44,45)/t19?,23-,24-,36-/m0/s1. The molecule has 0 radical (unpaired) electrons. The summed E-state index contributed by atoms with van der Waals surface area (Å²) >= 11 is 0. The predicted octanol–water partition coefficient (Wildman–Crippen LogP) is 2.15. The number of rotatable bonds is 15. The maximum atomic E-state index is 14.3. The molecule has 0 spiro atoms. The molecule has 51 heavy (non-hydrogen) atoms. The number of carbonyl (C=O) groups excluding carboxylic acids is 3. The van der Waals surface area contributed by atoms with E-state index in [2.05, 4.69) is 4.99 Å². The van der Waals surface area contributed by atoms with Gasteiger partial charge in [0, 0.05) is 12.0 Å². The fourth-order valence-corrected chi connectivity index (χ4v) is 7.43. The third-order valence-corrected chi connectivity index (χ3v) is 10.1. The molecule has 0 aliphatic carbocycles. The van der Waals surface area contributed by atoms with Gasteiger partial charge < -0.3 is 41.2 Å². The Balaban J connectivity index is 1.44. The van der Waals surface area contributed by atoms with Crippen molar-refractivity contribution < 1.29 is 33.8 Å². The largest absolute Gasteiger partial charge is 0.481 e. The van der Waals surface area contributed by atoms with Crippen LogP contribution in [0.1, 0.15) is 75.5 Å². The van der Waals surface area contributed by atoms with E-state index in [0.717, 1.165) is 16.6 Å². The number of carbonyl (C=O) groups is 4. The first-order valence-corrected chi connectivity index (χ1v) is 17.4. The van der Waals surface area contributed by atoms with Crippen LogP contribution in [-0.4, -0.2) is 76.0 Å². The lowest BCUT2D eigenvalue weighted by molar-refractivity contribution is -0.159. The summed E-state index contributed by atoms with van der Waals surface area (Å²) in [6.07, 6.45) is 2.74. The molecule has 3 aliphatic heterocycles. The molecule has 4 atom stereocenters. The number of aliphatic carboxylic acids is 1. The summed E-state index contributed by atoms with van der Waals surface area (Å²) in [5, 5.41) is 9.78. The molecule has 7 N–H and O–H groups in total. The van der Waals surface area contributed by atoms with Gasteiger partial charge in [-0.15, -0.1) is 0 Å². The van der Waals surface area contributed by atoms with Crippen LogP contribution in [0, 0.1) is 0 Å². The third-order valence-electron chi connectivity index (χ3n) is 10.1. The molecule has 0 amide bonds. The molecule has 0 bridgehead atoms. The van der Waals surface area contributed by atoms with Gasteiger partial charge in [0.2, 0.25) is 0 Å². The van der Waals surface area contributed by atoms with Crippen LogP contribution in [0.15, 0.2) is 34.1 Å². The molecule has 15 nitrogen and oxygen atoms in total. The minimum Gasteiger partial charge on any atom is -0.481 e. The number of cyclic esters (lactones) is 1.